The largest absolute Gasteiger partial charge is 0.349 e. The van der Waals surface area contributed by atoms with Crippen LogP contribution in [0.15, 0.2) is 18.3 Å². The Labute approximate surface area is 115 Å². The second kappa shape index (κ2) is 8.64. The van der Waals surface area contributed by atoms with Crippen LogP contribution in [0.5, 0.6) is 0 Å². The highest BCUT2D eigenvalue weighted by molar-refractivity contribution is 5.94. The summed E-state index contributed by atoms with van der Waals surface area (Å²) in [6, 6.07) is 3.77. The molecule has 0 aliphatic rings. The summed E-state index contributed by atoms with van der Waals surface area (Å²) in [5, 5.41) is 3.11. The zero-order valence-electron chi connectivity index (χ0n) is 12.0. The van der Waals surface area contributed by atoms with Crippen molar-refractivity contribution in [3.8, 4) is 0 Å². The Balaban J connectivity index is 2.64. The highest BCUT2D eigenvalue weighted by Gasteiger charge is 2.13. The zero-order chi connectivity index (χ0) is 14.1. The number of nitrogens with one attached hydrogen (secondary N) is 1. The minimum Gasteiger partial charge on any atom is -0.349 e. The van der Waals surface area contributed by atoms with Gasteiger partial charge in [0.1, 0.15) is 0 Å². The van der Waals surface area contributed by atoms with Gasteiger partial charge >= 0.3 is 0 Å². The van der Waals surface area contributed by atoms with Crippen LogP contribution in [0.3, 0.4) is 0 Å². The van der Waals surface area contributed by atoms with E-state index in [9.17, 15) is 4.79 Å². The summed E-state index contributed by atoms with van der Waals surface area (Å²) < 4.78 is 0. The molecule has 19 heavy (non-hydrogen) atoms. The van der Waals surface area contributed by atoms with Gasteiger partial charge in [0.05, 0.1) is 5.69 Å². The first-order valence-corrected chi connectivity index (χ1v) is 7.17. The van der Waals surface area contributed by atoms with Gasteiger partial charge in [-0.3, -0.25) is 9.78 Å². The molecule has 1 amide bonds. The first kappa shape index (κ1) is 15.6. The number of amides is 1. The number of rotatable bonds is 8. The van der Waals surface area contributed by atoms with E-state index < -0.39 is 0 Å². The lowest BCUT2D eigenvalue weighted by Crippen LogP contribution is -2.34. The molecule has 0 aliphatic carbocycles. The summed E-state index contributed by atoms with van der Waals surface area (Å²) >= 11 is 0. The molecule has 1 rings (SSSR count). The lowest BCUT2D eigenvalue weighted by Gasteiger charge is -2.18. The van der Waals surface area contributed by atoms with Crippen LogP contribution in [-0.2, 0) is 6.54 Å². The van der Waals surface area contributed by atoms with Gasteiger partial charge in [-0.1, -0.05) is 33.1 Å². The van der Waals surface area contributed by atoms with Crippen molar-refractivity contribution in [2.75, 3.05) is 0 Å². The molecular weight excluding hydrogens is 238 g/mol. The topological polar surface area (TPSA) is 68.0 Å². The molecule has 0 aliphatic heterocycles. The van der Waals surface area contributed by atoms with Gasteiger partial charge < -0.3 is 11.1 Å². The monoisotopic (exact) mass is 263 g/mol. The summed E-state index contributed by atoms with van der Waals surface area (Å²) in [4.78, 5) is 16.3. The van der Waals surface area contributed by atoms with Crippen molar-refractivity contribution in [1.82, 2.24) is 10.3 Å². The number of carbonyl (C=O) groups excluding carboxylic acids is 1. The predicted molar refractivity (Wildman–Crippen MR) is 77.8 cm³/mol. The number of nitrogens with zero attached hydrogens (tertiary/aromatic N) is 1. The molecular formula is C15H25N3O. The maximum atomic E-state index is 12.2. The molecule has 1 atom stereocenters. The van der Waals surface area contributed by atoms with Gasteiger partial charge in [-0.05, 0) is 25.0 Å². The minimum atomic E-state index is -0.0216. The highest BCUT2D eigenvalue weighted by atomic mass is 16.1. The normalized spacial score (nSPS) is 12.2. The van der Waals surface area contributed by atoms with Gasteiger partial charge in [0.15, 0.2) is 0 Å². The third-order valence-corrected chi connectivity index (χ3v) is 3.17. The Hall–Kier alpha value is -1.42. The Kier molecular flexibility index (Phi) is 7.11. The van der Waals surface area contributed by atoms with E-state index >= 15 is 0 Å². The molecule has 0 fully saturated rings. The van der Waals surface area contributed by atoms with Crippen LogP contribution >= 0.6 is 0 Å². The van der Waals surface area contributed by atoms with Gasteiger partial charge in [0.25, 0.3) is 5.91 Å². The summed E-state index contributed by atoms with van der Waals surface area (Å²) in [5.41, 5.74) is 6.93. The van der Waals surface area contributed by atoms with Crippen molar-refractivity contribution in [3.63, 3.8) is 0 Å². The summed E-state index contributed by atoms with van der Waals surface area (Å²) in [7, 11) is 0. The number of nitrogens with two attached hydrogens (primary N) is 1. The van der Waals surface area contributed by atoms with Gasteiger partial charge in [-0.2, -0.15) is 0 Å². The van der Waals surface area contributed by atoms with Crippen LogP contribution in [0.1, 0.15) is 62.0 Å². The van der Waals surface area contributed by atoms with Crippen molar-refractivity contribution < 1.29 is 4.79 Å². The number of carbonyl (C=O) groups is 1. The molecule has 0 radical (unpaired) electrons. The van der Waals surface area contributed by atoms with E-state index in [1.54, 1.807) is 18.3 Å². The van der Waals surface area contributed by atoms with E-state index in [-0.39, 0.29) is 11.9 Å². The molecule has 1 heterocycles. The second-order valence-electron chi connectivity index (χ2n) is 4.84. The van der Waals surface area contributed by atoms with Crippen LogP contribution in [0.25, 0.3) is 0 Å². The molecule has 3 N–H and O–H groups in total. The van der Waals surface area contributed by atoms with Crippen molar-refractivity contribution in [2.45, 2.75) is 58.5 Å². The third-order valence-electron chi connectivity index (χ3n) is 3.17. The Morgan fingerprint density at radius 2 is 2.16 bits per heavy atom. The van der Waals surface area contributed by atoms with Gasteiger partial charge in [0.2, 0.25) is 0 Å². The van der Waals surface area contributed by atoms with Crippen LogP contribution in [-0.4, -0.2) is 16.9 Å². The molecule has 0 aromatic carbocycles. The smallest absolute Gasteiger partial charge is 0.251 e. The Morgan fingerprint density at radius 1 is 1.37 bits per heavy atom. The van der Waals surface area contributed by atoms with Crippen molar-refractivity contribution in [1.29, 1.82) is 0 Å². The summed E-state index contributed by atoms with van der Waals surface area (Å²) in [5.74, 6) is -0.0216. The fourth-order valence-corrected chi connectivity index (χ4v) is 2.09. The second-order valence-corrected chi connectivity index (χ2v) is 4.84. The average Bonchev–Trinajstić information content (AvgIpc) is 2.45. The zero-order valence-corrected chi connectivity index (χ0v) is 12.0. The van der Waals surface area contributed by atoms with E-state index in [1.165, 1.54) is 0 Å². The van der Waals surface area contributed by atoms with E-state index in [0.717, 1.165) is 37.8 Å². The minimum absolute atomic E-state index is 0.0216. The van der Waals surface area contributed by atoms with E-state index in [0.29, 0.717) is 12.1 Å². The standard InChI is InChI=1S/C15H25N3O/c1-3-5-7-13(6-4-2)18-15(19)12-8-9-17-14(10-12)11-16/h8-10,13H,3-7,11,16H2,1-2H3,(H,18,19). The maximum absolute atomic E-state index is 12.2. The molecule has 0 saturated heterocycles. The molecule has 1 unspecified atom stereocenters. The van der Waals surface area contributed by atoms with Crippen molar-refractivity contribution >= 4 is 5.91 Å². The fraction of sp³-hybridized carbons (Fsp3) is 0.600. The van der Waals surface area contributed by atoms with Gasteiger partial charge in [0, 0.05) is 24.3 Å². The van der Waals surface area contributed by atoms with E-state index in [1.807, 2.05) is 0 Å². The Morgan fingerprint density at radius 3 is 2.79 bits per heavy atom. The number of aromatic nitrogens is 1. The SMILES string of the molecule is CCCCC(CCC)NC(=O)c1ccnc(CN)c1. The quantitative estimate of drug-likeness (QED) is 0.757. The van der Waals surface area contributed by atoms with Crippen LogP contribution in [0, 0.1) is 0 Å². The molecule has 106 valence electrons. The molecule has 1 aromatic rings. The number of hydrogen-bond acceptors (Lipinski definition) is 3. The lowest BCUT2D eigenvalue weighted by molar-refractivity contribution is 0.0932. The van der Waals surface area contributed by atoms with E-state index in [2.05, 4.69) is 24.1 Å². The number of unbranched alkanes of at least 4 members (excludes halogenated alkanes) is 1. The summed E-state index contributed by atoms with van der Waals surface area (Å²) in [6.45, 7) is 4.67. The predicted octanol–water partition coefficient (Wildman–Crippen LogP) is 2.63. The first-order valence-electron chi connectivity index (χ1n) is 7.17. The fourth-order valence-electron chi connectivity index (χ4n) is 2.09. The summed E-state index contributed by atoms with van der Waals surface area (Å²) in [6.07, 6.45) is 7.10. The molecule has 1 aromatic heterocycles. The van der Waals surface area contributed by atoms with Crippen molar-refractivity contribution in [3.05, 3.63) is 29.6 Å². The molecule has 0 bridgehead atoms. The van der Waals surface area contributed by atoms with Crippen LogP contribution in [0.2, 0.25) is 0 Å². The first-order chi connectivity index (χ1) is 9.21. The Bertz CT molecular complexity index is 393. The van der Waals surface area contributed by atoms with Crippen molar-refractivity contribution in [2.24, 2.45) is 5.73 Å². The van der Waals surface area contributed by atoms with Crippen LogP contribution < -0.4 is 11.1 Å². The molecule has 4 heteroatoms. The molecule has 0 saturated carbocycles. The highest BCUT2D eigenvalue weighted by Crippen LogP contribution is 2.09. The van der Waals surface area contributed by atoms with Gasteiger partial charge in [-0.15, -0.1) is 0 Å². The van der Waals surface area contributed by atoms with Gasteiger partial charge in [-0.25, -0.2) is 0 Å². The number of pyridine rings is 1. The lowest BCUT2D eigenvalue weighted by atomic mass is 10.0. The van der Waals surface area contributed by atoms with Crippen LogP contribution in [0.4, 0.5) is 0 Å². The third kappa shape index (κ3) is 5.39. The number of hydrogen-bond donors (Lipinski definition) is 2. The molecule has 0 spiro atoms. The van der Waals surface area contributed by atoms with E-state index in [4.69, 9.17) is 5.73 Å². The average molecular weight is 263 g/mol. The molecule has 4 nitrogen and oxygen atoms in total. The maximum Gasteiger partial charge on any atom is 0.251 e.